The molecule has 0 radical (unpaired) electrons. The number of hydrogen-bond donors (Lipinski definition) is 2. The van der Waals surface area contributed by atoms with E-state index in [0.717, 1.165) is 5.56 Å². The minimum atomic E-state index is -0.669. The van der Waals surface area contributed by atoms with Crippen LogP contribution in [0.2, 0.25) is 0 Å². The molecule has 0 heterocycles. The highest BCUT2D eigenvalue weighted by atomic mass is 16.3. The van der Waals surface area contributed by atoms with Crippen molar-refractivity contribution in [2.75, 3.05) is 20.1 Å². The lowest BCUT2D eigenvalue weighted by Crippen LogP contribution is -2.37. The van der Waals surface area contributed by atoms with Crippen LogP contribution in [0.15, 0.2) is 24.3 Å². The highest BCUT2D eigenvalue weighted by Crippen LogP contribution is 2.09. The lowest BCUT2D eigenvalue weighted by atomic mass is 10.1. The van der Waals surface area contributed by atoms with Crippen molar-refractivity contribution >= 4 is 12.7 Å². The van der Waals surface area contributed by atoms with Gasteiger partial charge in [-0.25, -0.2) is 0 Å². The monoisotopic (exact) mass is 252 g/mol. The molecule has 1 unspecified atom stereocenters. The van der Waals surface area contributed by atoms with Crippen LogP contribution in [0.1, 0.15) is 15.9 Å². The number of benzene rings is 1. The van der Waals surface area contributed by atoms with Crippen molar-refractivity contribution in [2.24, 2.45) is 5.73 Å². The average Bonchev–Trinajstić information content (AvgIpc) is 2.40. The van der Waals surface area contributed by atoms with Crippen molar-refractivity contribution < 1.29 is 14.7 Å². The third kappa shape index (κ3) is 4.65. The van der Waals surface area contributed by atoms with Gasteiger partial charge >= 0.3 is 0 Å². The van der Waals surface area contributed by atoms with Crippen LogP contribution >= 0.6 is 0 Å². The summed E-state index contributed by atoms with van der Waals surface area (Å²) in [5.41, 5.74) is 6.89. The number of hydrogen-bond acceptors (Lipinski definition) is 4. The fourth-order valence-corrected chi connectivity index (χ4v) is 1.49. The Balaban J connectivity index is 0.00000137. The zero-order valence-corrected chi connectivity index (χ0v) is 10.8. The number of aliphatic hydroxyl groups is 1. The minimum Gasteiger partial charge on any atom is -0.390 e. The summed E-state index contributed by atoms with van der Waals surface area (Å²) in [4.78, 5) is 21.5. The van der Waals surface area contributed by atoms with E-state index in [1.807, 2.05) is 31.9 Å². The summed E-state index contributed by atoms with van der Waals surface area (Å²) in [7, 11) is 1.66. The van der Waals surface area contributed by atoms with Crippen molar-refractivity contribution in [1.82, 2.24) is 4.90 Å². The summed E-state index contributed by atoms with van der Waals surface area (Å²) in [5.74, 6) is -0.0920. The molecule has 0 aliphatic rings. The van der Waals surface area contributed by atoms with Crippen LogP contribution in [-0.4, -0.2) is 48.9 Å². The van der Waals surface area contributed by atoms with Gasteiger partial charge in [0, 0.05) is 25.7 Å². The zero-order chi connectivity index (χ0) is 14.1. The molecule has 0 aliphatic heterocycles. The molecule has 100 valence electrons. The molecule has 3 N–H and O–H groups in total. The summed E-state index contributed by atoms with van der Waals surface area (Å²) in [6.45, 7) is 4.30. The fraction of sp³-hybridized carbons (Fsp3) is 0.385. The molecule has 5 heteroatoms. The van der Waals surface area contributed by atoms with Crippen molar-refractivity contribution in [3.63, 3.8) is 0 Å². The van der Waals surface area contributed by atoms with E-state index < -0.39 is 6.10 Å². The van der Waals surface area contributed by atoms with Gasteiger partial charge in [-0.1, -0.05) is 18.2 Å². The maximum atomic E-state index is 12.0. The summed E-state index contributed by atoms with van der Waals surface area (Å²) in [5, 5.41) is 9.37. The Labute approximate surface area is 107 Å². The predicted octanol–water partition coefficient (Wildman–Crippen LogP) is 0.202. The van der Waals surface area contributed by atoms with Crippen molar-refractivity contribution in [3.8, 4) is 0 Å². The number of carbonyl (C=O) groups is 2. The Kier molecular flexibility index (Phi) is 7.58. The Morgan fingerprint density at radius 1 is 1.44 bits per heavy atom. The first kappa shape index (κ1) is 16.3. The van der Waals surface area contributed by atoms with E-state index in [2.05, 4.69) is 0 Å². The van der Waals surface area contributed by atoms with E-state index in [1.54, 1.807) is 13.1 Å². The van der Waals surface area contributed by atoms with Gasteiger partial charge in [0.2, 0.25) is 0 Å². The predicted molar refractivity (Wildman–Crippen MR) is 70.3 cm³/mol. The molecule has 1 amide bonds. The van der Waals surface area contributed by atoms with Crippen LogP contribution in [0.25, 0.3) is 0 Å². The third-order valence-corrected chi connectivity index (χ3v) is 2.48. The molecule has 1 atom stereocenters. The highest BCUT2D eigenvalue weighted by Gasteiger charge is 2.15. The molecular weight excluding hydrogens is 232 g/mol. The standard InChI is InChI=1S/C12H18N2O2.CH2O/c1-9-5-3-4-6-11(9)12(16)14(2)8-10(15)7-13;1-2/h3-6,10,15H,7-8,13H2,1-2H3;1H2. The smallest absolute Gasteiger partial charge is 0.253 e. The first-order chi connectivity index (χ1) is 8.56. The quantitative estimate of drug-likeness (QED) is 0.802. The van der Waals surface area contributed by atoms with Crippen LogP contribution in [0.4, 0.5) is 0 Å². The minimum absolute atomic E-state index is 0.0920. The second-order valence-electron chi connectivity index (χ2n) is 3.89. The first-order valence-corrected chi connectivity index (χ1v) is 5.54. The molecule has 0 aliphatic carbocycles. The van der Waals surface area contributed by atoms with Crippen molar-refractivity contribution in [3.05, 3.63) is 35.4 Å². The van der Waals surface area contributed by atoms with Crippen LogP contribution in [0.5, 0.6) is 0 Å². The number of aliphatic hydroxyl groups excluding tert-OH is 1. The van der Waals surface area contributed by atoms with Gasteiger partial charge in [-0.05, 0) is 18.6 Å². The fourth-order valence-electron chi connectivity index (χ4n) is 1.49. The molecule has 5 nitrogen and oxygen atoms in total. The molecule has 0 spiro atoms. The van der Waals surface area contributed by atoms with E-state index in [-0.39, 0.29) is 19.0 Å². The van der Waals surface area contributed by atoms with E-state index in [9.17, 15) is 9.90 Å². The van der Waals surface area contributed by atoms with Crippen LogP contribution < -0.4 is 5.73 Å². The number of rotatable bonds is 4. The number of carbonyl (C=O) groups excluding carboxylic acids is 2. The van der Waals surface area contributed by atoms with E-state index in [0.29, 0.717) is 5.56 Å². The second-order valence-corrected chi connectivity index (χ2v) is 3.89. The zero-order valence-electron chi connectivity index (χ0n) is 10.8. The number of nitrogens with zero attached hydrogens (tertiary/aromatic N) is 1. The highest BCUT2D eigenvalue weighted by molar-refractivity contribution is 5.95. The third-order valence-electron chi connectivity index (χ3n) is 2.48. The van der Waals surface area contributed by atoms with E-state index in [1.165, 1.54) is 4.90 Å². The lowest BCUT2D eigenvalue weighted by Gasteiger charge is -2.20. The van der Waals surface area contributed by atoms with Gasteiger partial charge in [-0.2, -0.15) is 0 Å². The largest absolute Gasteiger partial charge is 0.390 e. The van der Waals surface area contributed by atoms with Gasteiger partial charge in [-0.3, -0.25) is 4.79 Å². The molecular formula is C13H20N2O3. The van der Waals surface area contributed by atoms with Gasteiger partial charge in [0.1, 0.15) is 6.79 Å². The summed E-state index contributed by atoms with van der Waals surface area (Å²) in [6.07, 6.45) is -0.669. The number of likely N-dealkylation sites (N-methyl/N-ethyl adjacent to an activating group) is 1. The van der Waals surface area contributed by atoms with Crippen LogP contribution in [-0.2, 0) is 4.79 Å². The number of nitrogens with two attached hydrogens (primary N) is 1. The molecule has 0 aromatic heterocycles. The van der Waals surface area contributed by atoms with Gasteiger partial charge < -0.3 is 20.5 Å². The van der Waals surface area contributed by atoms with Crippen LogP contribution in [0, 0.1) is 6.92 Å². The second kappa shape index (κ2) is 8.38. The molecule has 0 saturated heterocycles. The molecule has 0 bridgehead atoms. The Hall–Kier alpha value is -1.72. The van der Waals surface area contributed by atoms with Gasteiger partial charge in [0.15, 0.2) is 0 Å². The summed E-state index contributed by atoms with van der Waals surface area (Å²) in [6, 6.07) is 7.39. The van der Waals surface area contributed by atoms with Crippen molar-refractivity contribution in [1.29, 1.82) is 0 Å². The first-order valence-electron chi connectivity index (χ1n) is 5.54. The maximum absolute atomic E-state index is 12.0. The Morgan fingerprint density at radius 3 is 2.50 bits per heavy atom. The van der Waals surface area contributed by atoms with E-state index in [4.69, 9.17) is 10.5 Å². The maximum Gasteiger partial charge on any atom is 0.253 e. The molecule has 1 aromatic carbocycles. The lowest BCUT2D eigenvalue weighted by molar-refractivity contribution is -0.0980. The van der Waals surface area contributed by atoms with Crippen LogP contribution in [0.3, 0.4) is 0 Å². The molecule has 0 fully saturated rings. The van der Waals surface area contributed by atoms with Crippen molar-refractivity contribution in [2.45, 2.75) is 13.0 Å². The SMILES string of the molecule is C=O.Cc1ccccc1C(=O)N(C)CC(O)CN. The number of amides is 1. The van der Waals surface area contributed by atoms with Gasteiger partial charge in [-0.15, -0.1) is 0 Å². The normalized spacial score (nSPS) is 11.1. The summed E-state index contributed by atoms with van der Waals surface area (Å²) < 4.78 is 0. The Morgan fingerprint density at radius 2 is 2.00 bits per heavy atom. The van der Waals surface area contributed by atoms with E-state index >= 15 is 0 Å². The van der Waals surface area contributed by atoms with Gasteiger partial charge in [0.05, 0.1) is 6.10 Å². The Bertz CT molecular complexity index is 382. The van der Waals surface area contributed by atoms with Gasteiger partial charge in [0.25, 0.3) is 5.91 Å². The number of aryl methyl sites for hydroxylation is 1. The molecule has 1 rings (SSSR count). The topological polar surface area (TPSA) is 83.6 Å². The average molecular weight is 252 g/mol. The summed E-state index contributed by atoms with van der Waals surface area (Å²) >= 11 is 0. The molecule has 1 aromatic rings. The molecule has 0 saturated carbocycles. The molecule has 18 heavy (non-hydrogen) atoms.